The third-order valence-electron chi connectivity index (χ3n) is 3.73. The Morgan fingerprint density at radius 3 is 2.04 bits per heavy atom. The monoisotopic (exact) mass is 398 g/mol. The van der Waals surface area contributed by atoms with Gasteiger partial charge in [-0.2, -0.15) is 0 Å². The van der Waals surface area contributed by atoms with Crippen molar-refractivity contribution in [2.24, 2.45) is 0 Å². The predicted octanol–water partition coefficient (Wildman–Crippen LogP) is 4.31. The summed E-state index contributed by atoms with van der Waals surface area (Å²) in [6.07, 6.45) is 3.56. The predicted molar refractivity (Wildman–Crippen MR) is 109 cm³/mol. The molecule has 0 spiro atoms. The smallest absolute Gasteiger partial charge is 0.408 e. The number of nitrogens with one attached hydrogen (secondary N) is 2. The molecule has 28 heavy (non-hydrogen) atoms. The van der Waals surface area contributed by atoms with Crippen LogP contribution < -0.4 is 10.6 Å². The van der Waals surface area contributed by atoms with Gasteiger partial charge in [-0.25, -0.2) is 9.59 Å². The molecular weight excluding hydrogens is 360 g/mol. The Labute approximate surface area is 169 Å². The SMILES string of the molecule is CC(C)NC(=O)OC1/C=C/C(OC(=O)NC(C)(C)C)CCC(OC(C)(C)C)C1. The Balaban J connectivity index is 2.85. The maximum atomic E-state index is 12.1. The fourth-order valence-electron chi connectivity index (χ4n) is 2.82. The number of carbonyl (C=O) groups excluding carboxylic acids is 2. The molecule has 1 rings (SSSR count). The maximum absolute atomic E-state index is 12.1. The van der Waals surface area contributed by atoms with E-state index < -0.39 is 24.4 Å². The lowest BCUT2D eigenvalue weighted by atomic mass is 9.98. The van der Waals surface area contributed by atoms with Gasteiger partial charge in [0.1, 0.15) is 12.2 Å². The van der Waals surface area contributed by atoms with Crippen LogP contribution in [-0.2, 0) is 14.2 Å². The second-order valence-corrected chi connectivity index (χ2v) is 9.61. The average molecular weight is 399 g/mol. The highest BCUT2D eigenvalue weighted by atomic mass is 16.6. The molecule has 3 unspecified atom stereocenters. The van der Waals surface area contributed by atoms with Crippen LogP contribution in [0.15, 0.2) is 12.2 Å². The van der Waals surface area contributed by atoms with Crippen LogP contribution >= 0.6 is 0 Å². The van der Waals surface area contributed by atoms with Crippen molar-refractivity contribution in [2.75, 3.05) is 0 Å². The van der Waals surface area contributed by atoms with E-state index in [1.165, 1.54) is 0 Å². The average Bonchev–Trinajstić information content (AvgIpc) is 2.43. The van der Waals surface area contributed by atoms with Crippen molar-refractivity contribution in [3.8, 4) is 0 Å². The van der Waals surface area contributed by atoms with E-state index in [9.17, 15) is 9.59 Å². The number of hydrogen-bond donors (Lipinski definition) is 2. The highest BCUT2D eigenvalue weighted by Crippen LogP contribution is 2.24. The molecule has 0 aromatic heterocycles. The molecule has 2 amide bonds. The lowest BCUT2D eigenvalue weighted by molar-refractivity contribution is -0.0807. The first-order valence-corrected chi connectivity index (χ1v) is 10.1. The first kappa shape index (κ1) is 24.3. The molecule has 0 bridgehead atoms. The lowest BCUT2D eigenvalue weighted by Gasteiger charge is -2.32. The number of alkyl carbamates (subject to hydrolysis) is 2. The largest absolute Gasteiger partial charge is 0.442 e. The van der Waals surface area contributed by atoms with Gasteiger partial charge in [0.25, 0.3) is 0 Å². The summed E-state index contributed by atoms with van der Waals surface area (Å²) in [7, 11) is 0. The Morgan fingerprint density at radius 1 is 0.929 bits per heavy atom. The number of ether oxygens (including phenoxy) is 3. The maximum Gasteiger partial charge on any atom is 0.408 e. The van der Waals surface area contributed by atoms with Crippen LogP contribution in [0.4, 0.5) is 9.59 Å². The molecule has 0 aliphatic heterocycles. The van der Waals surface area contributed by atoms with Crippen molar-refractivity contribution >= 4 is 12.2 Å². The molecule has 0 heterocycles. The summed E-state index contributed by atoms with van der Waals surface area (Å²) in [5.74, 6) is 0. The van der Waals surface area contributed by atoms with Gasteiger partial charge in [-0.3, -0.25) is 0 Å². The van der Waals surface area contributed by atoms with E-state index in [0.29, 0.717) is 19.3 Å². The standard InChI is InChI=1S/C21H38N2O5/c1-14(2)22-18(24)27-16-11-9-15(26-19(25)23-20(3,4)5)10-12-17(13-16)28-21(6,7)8/h9,11,14-17H,10,12-13H2,1-8H3,(H,22,24)(H,23,25)/b11-9+. The summed E-state index contributed by atoms with van der Waals surface area (Å²) in [5.41, 5.74) is -0.695. The topological polar surface area (TPSA) is 85.9 Å². The molecule has 0 aromatic rings. The molecule has 1 aliphatic carbocycles. The second-order valence-electron chi connectivity index (χ2n) is 9.61. The highest BCUT2D eigenvalue weighted by Gasteiger charge is 2.28. The molecule has 162 valence electrons. The third kappa shape index (κ3) is 11.2. The van der Waals surface area contributed by atoms with Crippen LogP contribution in [0.25, 0.3) is 0 Å². The molecule has 7 heteroatoms. The molecule has 0 fully saturated rings. The van der Waals surface area contributed by atoms with E-state index in [1.54, 1.807) is 12.2 Å². The van der Waals surface area contributed by atoms with Crippen molar-refractivity contribution in [3.05, 3.63) is 12.2 Å². The summed E-state index contributed by atoms with van der Waals surface area (Å²) >= 11 is 0. The van der Waals surface area contributed by atoms with Crippen LogP contribution in [0.3, 0.4) is 0 Å². The first-order chi connectivity index (χ1) is 12.7. The van der Waals surface area contributed by atoms with E-state index in [1.807, 2.05) is 55.4 Å². The first-order valence-electron chi connectivity index (χ1n) is 10.1. The number of carbonyl (C=O) groups is 2. The van der Waals surface area contributed by atoms with Crippen LogP contribution in [0.5, 0.6) is 0 Å². The number of amides is 2. The Kier molecular flexibility index (Phi) is 8.79. The molecule has 7 nitrogen and oxygen atoms in total. The van der Waals surface area contributed by atoms with Crippen LogP contribution in [0, 0.1) is 0 Å². The summed E-state index contributed by atoms with van der Waals surface area (Å²) in [5, 5.41) is 5.52. The molecule has 0 saturated carbocycles. The van der Waals surface area contributed by atoms with Gasteiger partial charge < -0.3 is 24.8 Å². The zero-order valence-electron chi connectivity index (χ0n) is 18.6. The normalized spacial score (nSPS) is 24.7. The van der Waals surface area contributed by atoms with Gasteiger partial charge in [0.2, 0.25) is 0 Å². The highest BCUT2D eigenvalue weighted by molar-refractivity contribution is 5.68. The molecule has 0 saturated heterocycles. The molecule has 2 N–H and O–H groups in total. The summed E-state index contributed by atoms with van der Waals surface area (Å²) < 4.78 is 17.2. The van der Waals surface area contributed by atoms with Gasteiger partial charge in [-0.15, -0.1) is 0 Å². The second kappa shape index (κ2) is 10.1. The minimum absolute atomic E-state index is 0.0103. The van der Waals surface area contributed by atoms with Gasteiger partial charge in [0.05, 0.1) is 11.7 Å². The quantitative estimate of drug-likeness (QED) is 0.689. The minimum Gasteiger partial charge on any atom is -0.442 e. The van der Waals surface area contributed by atoms with Gasteiger partial charge in [-0.05, 0) is 80.4 Å². The van der Waals surface area contributed by atoms with Crippen LogP contribution in [0.1, 0.15) is 74.7 Å². The molecular formula is C21H38N2O5. The van der Waals surface area contributed by atoms with Gasteiger partial charge in [-0.1, -0.05) is 0 Å². The molecule has 1 aliphatic rings. The van der Waals surface area contributed by atoms with Gasteiger partial charge in [0.15, 0.2) is 0 Å². The van der Waals surface area contributed by atoms with E-state index in [-0.39, 0.29) is 23.3 Å². The van der Waals surface area contributed by atoms with Crippen LogP contribution in [0.2, 0.25) is 0 Å². The fraction of sp³-hybridized carbons (Fsp3) is 0.810. The number of hydrogen-bond acceptors (Lipinski definition) is 5. The van der Waals surface area contributed by atoms with Gasteiger partial charge >= 0.3 is 12.2 Å². The zero-order chi connectivity index (χ0) is 21.5. The van der Waals surface area contributed by atoms with E-state index in [2.05, 4.69) is 10.6 Å². The van der Waals surface area contributed by atoms with E-state index >= 15 is 0 Å². The third-order valence-corrected chi connectivity index (χ3v) is 3.73. The van der Waals surface area contributed by atoms with Crippen molar-refractivity contribution in [3.63, 3.8) is 0 Å². The summed E-state index contributed by atoms with van der Waals surface area (Å²) in [6.45, 7) is 15.4. The van der Waals surface area contributed by atoms with Crippen molar-refractivity contribution in [1.29, 1.82) is 0 Å². The van der Waals surface area contributed by atoms with E-state index in [0.717, 1.165) is 0 Å². The molecule has 0 radical (unpaired) electrons. The fourth-order valence-corrected chi connectivity index (χ4v) is 2.82. The minimum atomic E-state index is -0.470. The van der Waals surface area contributed by atoms with Crippen molar-refractivity contribution in [1.82, 2.24) is 10.6 Å². The summed E-state index contributed by atoms with van der Waals surface area (Å²) in [6, 6.07) is -0.0103. The van der Waals surface area contributed by atoms with Crippen molar-refractivity contribution in [2.45, 2.75) is 110 Å². The van der Waals surface area contributed by atoms with E-state index in [4.69, 9.17) is 14.2 Å². The Hall–Kier alpha value is -1.76. The van der Waals surface area contributed by atoms with Crippen LogP contribution in [-0.4, -0.2) is 47.7 Å². The number of rotatable bonds is 4. The molecule has 3 atom stereocenters. The Bertz CT molecular complexity index is 546. The molecule has 0 aromatic carbocycles. The Morgan fingerprint density at radius 2 is 1.50 bits per heavy atom. The zero-order valence-corrected chi connectivity index (χ0v) is 18.6. The summed E-state index contributed by atoms with van der Waals surface area (Å²) in [4.78, 5) is 24.1. The van der Waals surface area contributed by atoms with Crippen molar-refractivity contribution < 1.29 is 23.8 Å². The van der Waals surface area contributed by atoms with Gasteiger partial charge in [0, 0.05) is 18.0 Å². The lowest BCUT2D eigenvalue weighted by Crippen LogP contribution is -2.42.